The number of fused-ring (bicyclic) bond motifs is 1. The molecule has 0 spiro atoms. The van der Waals surface area contributed by atoms with Crippen LogP contribution in [-0.4, -0.2) is 106 Å². The average Bonchev–Trinajstić information content (AvgIpc) is 3.47. The van der Waals surface area contributed by atoms with E-state index in [4.69, 9.17) is 19.9 Å². The van der Waals surface area contributed by atoms with E-state index in [2.05, 4.69) is 39.2 Å². The highest BCUT2D eigenvalue weighted by Gasteiger charge is 2.24. The molecule has 1 fully saturated rings. The smallest absolute Gasteiger partial charge is 0.290 e. The highest BCUT2D eigenvalue weighted by atomic mass is 19.2. The number of rotatable bonds is 9. The van der Waals surface area contributed by atoms with Crippen molar-refractivity contribution in [2.24, 2.45) is 0 Å². The number of aromatic nitrogens is 3. The molecule has 1 amide bonds. The van der Waals surface area contributed by atoms with Gasteiger partial charge in [-0.1, -0.05) is 0 Å². The Labute approximate surface area is 265 Å². The van der Waals surface area contributed by atoms with Crippen LogP contribution in [0.2, 0.25) is 0 Å². The quantitative estimate of drug-likeness (QED) is 0.260. The summed E-state index contributed by atoms with van der Waals surface area (Å²) < 4.78 is 36.6. The number of anilines is 2. The van der Waals surface area contributed by atoms with Gasteiger partial charge in [-0.25, -0.2) is 14.4 Å². The fourth-order valence-electron chi connectivity index (χ4n) is 5.05. The lowest BCUT2D eigenvalue weighted by Crippen LogP contribution is -2.50. The first-order chi connectivity index (χ1) is 22.1. The lowest BCUT2D eigenvalue weighted by Gasteiger charge is -2.35. The molecule has 2 aromatic heterocycles. The Bertz CT molecular complexity index is 1730. The van der Waals surface area contributed by atoms with E-state index >= 15 is 4.39 Å². The zero-order chi connectivity index (χ0) is 33.4. The highest BCUT2D eigenvalue weighted by molar-refractivity contribution is 5.96. The molecule has 0 saturated carbocycles. The Morgan fingerprint density at radius 3 is 2.54 bits per heavy atom. The largest absolute Gasteiger partial charge is 0.483 e. The number of nitrogens with zero attached hydrogens (tertiary/aromatic N) is 7. The summed E-state index contributed by atoms with van der Waals surface area (Å²) in [7, 11) is 4.12. The van der Waals surface area contributed by atoms with Gasteiger partial charge in [0.25, 0.3) is 12.4 Å². The van der Waals surface area contributed by atoms with E-state index in [1.54, 1.807) is 10.6 Å². The first-order valence-electron chi connectivity index (χ1n) is 14.6. The Balaban J connectivity index is 0.00000154. The van der Waals surface area contributed by atoms with E-state index in [1.165, 1.54) is 31.5 Å². The van der Waals surface area contributed by atoms with Gasteiger partial charge in [0, 0.05) is 68.5 Å². The Hall–Kier alpha value is -5.13. The number of aryl methyl sites for hydroxylation is 1. The molecule has 1 saturated heterocycles. The van der Waals surface area contributed by atoms with Crippen LogP contribution in [0, 0.1) is 29.9 Å². The molecule has 242 valence electrons. The molecule has 0 unspecified atom stereocenters. The van der Waals surface area contributed by atoms with Crippen molar-refractivity contribution in [2.45, 2.75) is 20.0 Å². The molecule has 4 aromatic rings. The number of imidazole rings is 1. The third-order valence-electron chi connectivity index (χ3n) is 7.48. The summed E-state index contributed by atoms with van der Waals surface area (Å²) in [6.07, 6.45) is 3.64. The Morgan fingerprint density at radius 1 is 1.17 bits per heavy atom. The van der Waals surface area contributed by atoms with Gasteiger partial charge in [-0.3, -0.25) is 18.9 Å². The molecule has 0 bridgehead atoms. The van der Waals surface area contributed by atoms with Gasteiger partial charge in [0.2, 0.25) is 5.82 Å². The third kappa shape index (κ3) is 7.74. The monoisotopic (exact) mass is 634 g/mol. The number of carbonyl (C=O) groups is 2. The Kier molecular flexibility index (Phi) is 11.2. The normalized spacial score (nSPS) is 13.9. The van der Waals surface area contributed by atoms with Gasteiger partial charge in [-0.15, -0.1) is 0 Å². The second-order valence-corrected chi connectivity index (χ2v) is 10.9. The maximum Gasteiger partial charge on any atom is 0.290 e. The number of amides is 1. The summed E-state index contributed by atoms with van der Waals surface area (Å²) in [6.45, 7) is 8.17. The predicted molar refractivity (Wildman–Crippen MR) is 168 cm³/mol. The molecule has 3 heterocycles. The summed E-state index contributed by atoms with van der Waals surface area (Å²) >= 11 is 0. The molecule has 46 heavy (non-hydrogen) atoms. The summed E-state index contributed by atoms with van der Waals surface area (Å²) in [6, 6.07) is 10.0. The number of nitrogens with one attached hydrogen (secondary N) is 1. The number of halogens is 2. The van der Waals surface area contributed by atoms with Gasteiger partial charge in [0.1, 0.15) is 6.07 Å². The maximum absolute atomic E-state index is 15.1. The van der Waals surface area contributed by atoms with Crippen molar-refractivity contribution >= 4 is 29.5 Å². The van der Waals surface area contributed by atoms with Gasteiger partial charge < -0.3 is 25.0 Å². The number of carboxylic acid groups (broad SMARTS) is 1. The van der Waals surface area contributed by atoms with Crippen LogP contribution >= 0.6 is 0 Å². The predicted octanol–water partition coefficient (Wildman–Crippen LogP) is 4.04. The van der Waals surface area contributed by atoms with E-state index in [0.717, 1.165) is 31.7 Å². The van der Waals surface area contributed by atoms with Crippen LogP contribution in [0.15, 0.2) is 48.9 Å². The molecular weight excluding hydrogens is 598 g/mol. The van der Waals surface area contributed by atoms with Crippen molar-refractivity contribution in [1.29, 1.82) is 5.26 Å². The minimum Gasteiger partial charge on any atom is -0.483 e. The van der Waals surface area contributed by atoms with Crippen LogP contribution in [0.25, 0.3) is 16.9 Å². The summed E-state index contributed by atoms with van der Waals surface area (Å²) in [4.78, 5) is 36.9. The zero-order valence-corrected chi connectivity index (χ0v) is 26.1. The molecule has 5 rings (SSSR count). The topological polar surface area (TPSA) is 139 Å². The van der Waals surface area contributed by atoms with E-state index < -0.39 is 17.7 Å². The van der Waals surface area contributed by atoms with Crippen LogP contribution < -0.4 is 10.1 Å². The van der Waals surface area contributed by atoms with Crippen LogP contribution in [0.5, 0.6) is 5.75 Å². The van der Waals surface area contributed by atoms with Crippen molar-refractivity contribution in [3.8, 4) is 23.1 Å². The molecule has 2 N–H and O–H groups in total. The number of hydrogen-bond donors (Lipinski definition) is 2. The second-order valence-electron chi connectivity index (χ2n) is 10.9. The van der Waals surface area contributed by atoms with Crippen molar-refractivity contribution in [3.63, 3.8) is 0 Å². The molecule has 0 aliphatic carbocycles. The van der Waals surface area contributed by atoms with Gasteiger partial charge in [0.15, 0.2) is 29.1 Å². The second kappa shape index (κ2) is 15.2. The summed E-state index contributed by atoms with van der Waals surface area (Å²) in [5.41, 5.74) is 2.88. The van der Waals surface area contributed by atoms with Gasteiger partial charge >= 0.3 is 0 Å². The average molecular weight is 635 g/mol. The fraction of sp³-hybridized carbons (Fsp3) is 0.344. The molecule has 14 heteroatoms. The molecule has 1 aliphatic heterocycles. The lowest BCUT2D eigenvalue weighted by molar-refractivity contribution is -0.122. The molecular formula is C32H36F2N8O4. The number of piperazine rings is 1. The summed E-state index contributed by atoms with van der Waals surface area (Å²) in [5, 5.41) is 19.1. The minimum atomic E-state index is -1.18. The number of hydrogen-bond acceptors (Lipinski definition) is 9. The van der Waals surface area contributed by atoms with E-state index in [0.29, 0.717) is 41.5 Å². The van der Waals surface area contributed by atoms with Crippen molar-refractivity contribution in [2.75, 3.05) is 58.7 Å². The SMILES string of the molecule is Cc1cc(Nc2nccn3c(-c4ccc(O[C@@H](C)C#N)c(F)c4F)cnc23)ccc1C(=O)N1CCN(CCN(C)C)CC1.O=CO. The molecule has 2 aromatic carbocycles. The Morgan fingerprint density at radius 2 is 1.89 bits per heavy atom. The fourth-order valence-corrected chi connectivity index (χ4v) is 5.05. The number of likely N-dealkylation sites (N-methyl/N-ethyl adjacent to an activating group) is 1. The van der Waals surface area contributed by atoms with Gasteiger partial charge in [-0.2, -0.15) is 9.65 Å². The number of nitriles is 1. The number of ether oxygens (including phenoxy) is 1. The van der Waals surface area contributed by atoms with E-state index in [1.807, 2.05) is 36.1 Å². The lowest BCUT2D eigenvalue weighted by atomic mass is 10.1. The minimum absolute atomic E-state index is 0.0159. The first kappa shape index (κ1) is 33.8. The van der Waals surface area contributed by atoms with E-state index in [-0.39, 0.29) is 23.7 Å². The standard InChI is InChI=1S/C31H34F2N8O2.CH2O2/c1-20-17-22(5-6-23(20)31(42)40-15-13-39(14-16-40)12-11-38(3)4)37-29-30-36-19-25(41(30)10-9-35-29)24-7-8-26(28(33)27(24)32)43-21(2)18-34;2-1-3/h5-10,17,19,21H,11-16H2,1-4H3,(H,35,37);1H,(H,2,3)/t21-;/m0./s1. The highest BCUT2D eigenvalue weighted by Crippen LogP contribution is 2.32. The number of benzene rings is 2. The van der Waals surface area contributed by atoms with Crippen LogP contribution in [-0.2, 0) is 4.79 Å². The van der Waals surface area contributed by atoms with Crippen LogP contribution in [0.1, 0.15) is 22.8 Å². The third-order valence-corrected chi connectivity index (χ3v) is 7.48. The van der Waals surface area contributed by atoms with Gasteiger partial charge in [-0.05, 0) is 63.8 Å². The van der Waals surface area contributed by atoms with Crippen LogP contribution in [0.3, 0.4) is 0 Å². The van der Waals surface area contributed by atoms with Crippen molar-refractivity contribution in [3.05, 3.63) is 71.7 Å². The molecule has 1 atom stereocenters. The van der Waals surface area contributed by atoms with Crippen molar-refractivity contribution < 1.29 is 28.2 Å². The summed E-state index contributed by atoms with van der Waals surface area (Å²) in [5.74, 6) is -2.21. The number of carbonyl (C=O) groups excluding carboxylic acids is 1. The maximum atomic E-state index is 15.1. The van der Waals surface area contributed by atoms with E-state index in [9.17, 15) is 9.18 Å². The molecule has 0 radical (unpaired) electrons. The zero-order valence-electron chi connectivity index (χ0n) is 26.1. The molecule has 1 aliphatic rings. The molecule has 12 nitrogen and oxygen atoms in total. The first-order valence-corrected chi connectivity index (χ1v) is 14.6. The van der Waals surface area contributed by atoms with Crippen LogP contribution in [0.4, 0.5) is 20.3 Å². The van der Waals surface area contributed by atoms with Crippen molar-refractivity contribution in [1.82, 2.24) is 29.1 Å². The van der Waals surface area contributed by atoms with Gasteiger partial charge in [0.05, 0.1) is 11.9 Å².